The number of aryl methyl sites for hydroxylation is 2. The van der Waals surface area contributed by atoms with Crippen LogP contribution >= 0.6 is 0 Å². The molecule has 2 aromatic heterocycles. The Hall–Kier alpha value is -3.46. The lowest BCUT2D eigenvalue weighted by molar-refractivity contribution is 0.0978. The van der Waals surface area contributed by atoms with E-state index >= 15 is 0 Å². The standard InChI is InChI=1S/C23H26N4O4S/c1-14-8-6-9-15(2)20(14)31-22-16(12-13-17(25-22)23(3,4)5)21(28)27-32(29,30)19-11-7-10-18(24)26-19/h6-13H,1-5H3,(H2,24,26)(H,27,28). The third kappa shape index (κ3) is 5.05. The Morgan fingerprint density at radius 3 is 2.19 bits per heavy atom. The minimum absolute atomic E-state index is 0.0167. The number of nitrogens with two attached hydrogens (primary N) is 1. The molecule has 1 amide bonds. The van der Waals surface area contributed by atoms with Crippen molar-refractivity contribution in [3.63, 3.8) is 0 Å². The van der Waals surface area contributed by atoms with Crippen LogP contribution in [0.3, 0.4) is 0 Å². The first-order valence-corrected chi connectivity index (χ1v) is 11.4. The first kappa shape index (κ1) is 23.2. The van der Waals surface area contributed by atoms with Gasteiger partial charge < -0.3 is 10.5 Å². The third-order valence-electron chi connectivity index (χ3n) is 4.73. The highest BCUT2D eigenvalue weighted by atomic mass is 32.2. The van der Waals surface area contributed by atoms with Crippen molar-refractivity contribution < 1.29 is 17.9 Å². The molecule has 32 heavy (non-hydrogen) atoms. The van der Waals surface area contributed by atoms with Gasteiger partial charge in [-0.3, -0.25) is 4.79 Å². The van der Waals surface area contributed by atoms with E-state index < -0.39 is 15.9 Å². The molecule has 0 fully saturated rings. The highest BCUT2D eigenvalue weighted by Crippen LogP contribution is 2.32. The SMILES string of the molecule is Cc1cccc(C)c1Oc1nc(C(C)(C)C)ccc1C(=O)NS(=O)(=O)c1cccc(N)n1. The molecule has 1 aromatic carbocycles. The number of nitrogens with one attached hydrogen (secondary N) is 1. The van der Waals surface area contributed by atoms with Crippen molar-refractivity contribution in [1.29, 1.82) is 0 Å². The van der Waals surface area contributed by atoms with E-state index in [-0.39, 0.29) is 27.7 Å². The number of benzene rings is 1. The van der Waals surface area contributed by atoms with Crippen LogP contribution in [0.4, 0.5) is 5.82 Å². The third-order valence-corrected chi connectivity index (χ3v) is 5.96. The predicted molar refractivity (Wildman–Crippen MR) is 122 cm³/mol. The monoisotopic (exact) mass is 454 g/mol. The molecular formula is C23H26N4O4S. The number of hydrogen-bond acceptors (Lipinski definition) is 7. The van der Waals surface area contributed by atoms with Crippen molar-refractivity contribution in [3.05, 3.63) is 70.9 Å². The highest BCUT2D eigenvalue weighted by molar-refractivity contribution is 7.90. The quantitative estimate of drug-likeness (QED) is 0.599. The summed E-state index contributed by atoms with van der Waals surface area (Å²) in [6, 6.07) is 13.0. The Labute approximate surface area is 187 Å². The molecule has 0 saturated carbocycles. The lowest BCUT2D eigenvalue weighted by atomic mass is 9.91. The van der Waals surface area contributed by atoms with Crippen molar-refractivity contribution in [1.82, 2.24) is 14.7 Å². The molecule has 0 aliphatic carbocycles. The number of aromatic nitrogens is 2. The summed E-state index contributed by atoms with van der Waals surface area (Å²) in [7, 11) is -4.25. The topological polar surface area (TPSA) is 124 Å². The van der Waals surface area contributed by atoms with Gasteiger partial charge >= 0.3 is 0 Å². The fourth-order valence-electron chi connectivity index (χ4n) is 2.98. The number of ether oxygens (including phenoxy) is 1. The van der Waals surface area contributed by atoms with Crippen LogP contribution in [0.2, 0.25) is 0 Å². The molecular weight excluding hydrogens is 428 g/mol. The second kappa shape index (κ2) is 8.58. The summed E-state index contributed by atoms with van der Waals surface area (Å²) < 4.78 is 33.4. The Kier molecular flexibility index (Phi) is 6.23. The van der Waals surface area contributed by atoms with E-state index in [0.717, 1.165) is 11.1 Å². The van der Waals surface area contributed by atoms with E-state index in [4.69, 9.17) is 10.5 Å². The average molecular weight is 455 g/mol. The van der Waals surface area contributed by atoms with Gasteiger partial charge in [-0.1, -0.05) is 45.0 Å². The molecule has 0 saturated heterocycles. The number of para-hydroxylation sites is 1. The molecule has 0 bridgehead atoms. The van der Waals surface area contributed by atoms with E-state index in [0.29, 0.717) is 11.4 Å². The van der Waals surface area contributed by atoms with Crippen LogP contribution in [0.15, 0.2) is 53.6 Å². The molecule has 168 valence electrons. The first-order chi connectivity index (χ1) is 14.9. The van der Waals surface area contributed by atoms with E-state index in [1.165, 1.54) is 24.3 Å². The van der Waals surface area contributed by atoms with Crippen molar-refractivity contribution in [2.75, 3.05) is 5.73 Å². The van der Waals surface area contributed by atoms with Crippen molar-refractivity contribution in [2.45, 2.75) is 45.1 Å². The van der Waals surface area contributed by atoms with E-state index in [9.17, 15) is 13.2 Å². The van der Waals surface area contributed by atoms with Gasteiger partial charge in [-0.05, 0) is 49.2 Å². The van der Waals surface area contributed by atoms with Crippen molar-refractivity contribution in [3.8, 4) is 11.6 Å². The zero-order chi connectivity index (χ0) is 23.7. The molecule has 0 spiro atoms. The number of anilines is 1. The maximum Gasteiger partial charge on any atom is 0.281 e. The van der Waals surface area contributed by atoms with Gasteiger partial charge in [0.25, 0.3) is 15.9 Å². The minimum Gasteiger partial charge on any atom is -0.438 e. The fourth-order valence-corrected chi connectivity index (χ4v) is 3.92. The minimum atomic E-state index is -4.25. The largest absolute Gasteiger partial charge is 0.438 e. The van der Waals surface area contributed by atoms with E-state index in [2.05, 4.69) is 9.97 Å². The molecule has 3 aromatic rings. The lowest BCUT2D eigenvalue weighted by Gasteiger charge is -2.20. The Morgan fingerprint density at radius 2 is 1.59 bits per heavy atom. The average Bonchev–Trinajstić information content (AvgIpc) is 2.69. The van der Waals surface area contributed by atoms with Gasteiger partial charge in [0, 0.05) is 11.1 Å². The summed E-state index contributed by atoms with van der Waals surface area (Å²) in [6.07, 6.45) is 0. The predicted octanol–water partition coefficient (Wildman–Crippen LogP) is 3.88. The van der Waals surface area contributed by atoms with Gasteiger partial charge in [0.2, 0.25) is 5.88 Å². The molecule has 3 N–H and O–H groups in total. The molecule has 3 rings (SSSR count). The Morgan fingerprint density at radius 1 is 0.969 bits per heavy atom. The molecule has 9 heteroatoms. The number of nitrogens with zero attached hydrogens (tertiary/aromatic N) is 2. The maximum absolute atomic E-state index is 13.0. The summed E-state index contributed by atoms with van der Waals surface area (Å²) in [5.74, 6) is -0.289. The lowest BCUT2D eigenvalue weighted by Crippen LogP contribution is -2.32. The zero-order valence-corrected chi connectivity index (χ0v) is 19.4. The van der Waals surface area contributed by atoms with E-state index in [1.54, 1.807) is 6.07 Å². The smallest absolute Gasteiger partial charge is 0.281 e. The molecule has 0 radical (unpaired) electrons. The number of pyridine rings is 2. The Bertz CT molecular complexity index is 1260. The highest BCUT2D eigenvalue weighted by Gasteiger charge is 2.26. The van der Waals surface area contributed by atoms with Crippen LogP contribution in [-0.2, 0) is 15.4 Å². The number of nitrogen functional groups attached to an aromatic ring is 1. The van der Waals surface area contributed by atoms with Crippen LogP contribution in [0, 0.1) is 13.8 Å². The van der Waals surface area contributed by atoms with Gasteiger partial charge in [0.05, 0.1) is 0 Å². The van der Waals surface area contributed by atoms with Crippen molar-refractivity contribution >= 4 is 21.7 Å². The zero-order valence-electron chi connectivity index (χ0n) is 18.6. The summed E-state index contributed by atoms with van der Waals surface area (Å²) in [5.41, 5.74) is 7.65. The second-order valence-corrected chi connectivity index (χ2v) is 10.1. The summed E-state index contributed by atoms with van der Waals surface area (Å²) in [5, 5.41) is -0.359. The summed E-state index contributed by atoms with van der Waals surface area (Å²) in [6.45, 7) is 9.70. The molecule has 0 unspecified atom stereocenters. The van der Waals surface area contributed by atoms with Crippen LogP contribution in [0.1, 0.15) is 48.0 Å². The molecule has 0 aliphatic rings. The van der Waals surface area contributed by atoms with Gasteiger partial charge in [0.1, 0.15) is 17.1 Å². The summed E-state index contributed by atoms with van der Waals surface area (Å²) >= 11 is 0. The number of carbonyl (C=O) groups excluding carboxylic acids is 1. The van der Waals surface area contributed by atoms with Gasteiger partial charge in [-0.15, -0.1) is 0 Å². The van der Waals surface area contributed by atoms with E-state index in [1.807, 2.05) is 57.5 Å². The fraction of sp³-hybridized carbons (Fsp3) is 0.261. The van der Waals surface area contributed by atoms with Crippen molar-refractivity contribution in [2.24, 2.45) is 0 Å². The normalized spacial score (nSPS) is 11.8. The number of carbonyl (C=O) groups is 1. The van der Waals surface area contributed by atoms with Gasteiger partial charge in [0.15, 0.2) is 5.03 Å². The van der Waals surface area contributed by atoms with Gasteiger partial charge in [-0.25, -0.2) is 14.7 Å². The van der Waals surface area contributed by atoms with Crippen LogP contribution in [0.5, 0.6) is 11.6 Å². The molecule has 8 nitrogen and oxygen atoms in total. The summed E-state index contributed by atoms with van der Waals surface area (Å²) in [4.78, 5) is 21.3. The number of amides is 1. The second-order valence-electron chi connectivity index (χ2n) is 8.46. The number of sulfonamides is 1. The molecule has 0 aliphatic heterocycles. The number of rotatable bonds is 5. The number of hydrogen-bond donors (Lipinski definition) is 2. The first-order valence-electron chi connectivity index (χ1n) is 9.94. The van der Waals surface area contributed by atoms with Crippen LogP contribution in [-0.4, -0.2) is 24.3 Å². The van der Waals surface area contributed by atoms with Crippen LogP contribution in [0.25, 0.3) is 0 Å². The molecule has 0 atom stereocenters. The van der Waals surface area contributed by atoms with Crippen LogP contribution < -0.4 is 15.2 Å². The van der Waals surface area contributed by atoms with Gasteiger partial charge in [-0.2, -0.15) is 8.42 Å². The Balaban J connectivity index is 2.04. The maximum atomic E-state index is 13.0. The molecule has 2 heterocycles.